The molecule has 152 valence electrons. The number of hydrogen-bond donors (Lipinski definition) is 2. The molecule has 28 heavy (non-hydrogen) atoms. The van der Waals surface area contributed by atoms with E-state index >= 15 is 0 Å². The summed E-state index contributed by atoms with van der Waals surface area (Å²) in [4.78, 5) is 40.9. The third-order valence-corrected chi connectivity index (χ3v) is 5.93. The maximum atomic E-state index is 12.9. The molecule has 4 amide bonds. The Morgan fingerprint density at radius 2 is 1.89 bits per heavy atom. The van der Waals surface area contributed by atoms with Gasteiger partial charge in [0.25, 0.3) is 5.91 Å². The first-order chi connectivity index (χ1) is 13.4. The molecule has 0 aromatic heterocycles. The van der Waals surface area contributed by atoms with Gasteiger partial charge in [-0.2, -0.15) is 0 Å². The maximum Gasteiger partial charge on any atom is 0.325 e. The van der Waals surface area contributed by atoms with Crippen molar-refractivity contribution >= 4 is 17.8 Å². The number of hydrogen-bond acceptors (Lipinski definition) is 4. The van der Waals surface area contributed by atoms with Crippen molar-refractivity contribution in [3.05, 3.63) is 35.9 Å². The van der Waals surface area contributed by atoms with Gasteiger partial charge in [-0.25, -0.2) is 4.79 Å². The van der Waals surface area contributed by atoms with Crippen molar-refractivity contribution in [2.45, 2.75) is 44.6 Å². The summed E-state index contributed by atoms with van der Waals surface area (Å²) < 4.78 is 0. The van der Waals surface area contributed by atoms with Crippen LogP contribution in [0, 0.1) is 5.92 Å². The van der Waals surface area contributed by atoms with Gasteiger partial charge >= 0.3 is 6.03 Å². The number of nitrogens with one attached hydrogen (secondary N) is 1. The van der Waals surface area contributed by atoms with Crippen LogP contribution in [-0.2, 0) is 16.0 Å². The minimum Gasteiger partial charge on any atom is -0.340 e. The number of nitrogens with two attached hydrogens (primary N) is 1. The first kappa shape index (κ1) is 20.3. The summed E-state index contributed by atoms with van der Waals surface area (Å²) in [6, 6.07) is 9.44. The molecule has 1 aromatic carbocycles. The average molecular weight is 386 g/mol. The highest BCUT2D eigenvalue weighted by Crippen LogP contribution is 2.36. The zero-order chi connectivity index (χ0) is 20.1. The van der Waals surface area contributed by atoms with Gasteiger partial charge in [-0.05, 0) is 43.6 Å². The largest absolute Gasteiger partial charge is 0.340 e. The Balaban J connectivity index is 1.62. The molecular formula is C21H30N4O3. The van der Waals surface area contributed by atoms with E-state index in [0.29, 0.717) is 44.8 Å². The smallest absolute Gasteiger partial charge is 0.325 e. The zero-order valence-corrected chi connectivity index (χ0v) is 16.5. The number of amides is 4. The highest BCUT2D eigenvalue weighted by atomic mass is 16.2. The normalized spacial score (nSPS) is 24.5. The lowest BCUT2D eigenvalue weighted by Crippen LogP contribution is -2.50. The Bertz CT molecular complexity index is 714. The van der Waals surface area contributed by atoms with Gasteiger partial charge in [-0.1, -0.05) is 37.3 Å². The van der Waals surface area contributed by atoms with Crippen molar-refractivity contribution in [1.29, 1.82) is 0 Å². The Hall–Kier alpha value is -2.41. The van der Waals surface area contributed by atoms with Gasteiger partial charge in [0.05, 0.1) is 0 Å². The number of carbonyl (C=O) groups is 3. The van der Waals surface area contributed by atoms with Crippen LogP contribution >= 0.6 is 0 Å². The lowest BCUT2D eigenvalue weighted by molar-refractivity contribution is -0.139. The summed E-state index contributed by atoms with van der Waals surface area (Å²) in [5, 5.41) is 2.87. The lowest BCUT2D eigenvalue weighted by Gasteiger charge is -2.33. The number of nitrogens with zero attached hydrogens (tertiary/aromatic N) is 2. The van der Waals surface area contributed by atoms with E-state index < -0.39 is 11.6 Å². The molecule has 0 atom stereocenters. The Labute approximate surface area is 166 Å². The van der Waals surface area contributed by atoms with Crippen LogP contribution in [0.25, 0.3) is 0 Å². The van der Waals surface area contributed by atoms with Gasteiger partial charge in [0, 0.05) is 19.6 Å². The molecule has 1 aliphatic carbocycles. The molecule has 1 aromatic rings. The summed E-state index contributed by atoms with van der Waals surface area (Å²) in [6.07, 6.45) is 3.80. The van der Waals surface area contributed by atoms with E-state index in [1.54, 1.807) is 4.90 Å². The van der Waals surface area contributed by atoms with Crippen LogP contribution in [-0.4, -0.2) is 59.4 Å². The number of benzene rings is 1. The van der Waals surface area contributed by atoms with Gasteiger partial charge in [-0.15, -0.1) is 0 Å². The van der Waals surface area contributed by atoms with Gasteiger partial charge in [-0.3, -0.25) is 14.5 Å². The highest BCUT2D eigenvalue weighted by Gasteiger charge is 2.52. The van der Waals surface area contributed by atoms with Crippen LogP contribution in [0.4, 0.5) is 4.79 Å². The van der Waals surface area contributed by atoms with Crippen molar-refractivity contribution in [2.24, 2.45) is 11.7 Å². The van der Waals surface area contributed by atoms with Crippen LogP contribution < -0.4 is 11.1 Å². The lowest BCUT2D eigenvalue weighted by atomic mass is 9.77. The molecule has 7 nitrogen and oxygen atoms in total. The van der Waals surface area contributed by atoms with Crippen LogP contribution in [0.15, 0.2) is 30.3 Å². The number of rotatable bonds is 7. The second kappa shape index (κ2) is 8.73. The van der Waals surface area contributed by atoms with Crippen molar-refractivity contribution in [2.75, 3.05) is 26.2 Å². The molecule has 3 N–H and O–H groups in total. The van der Waals surface area contributed by atoms with Crippen molar-refractivity contribution in [3.63, 3.8) is 0 Å². The zero-order valence-electron chi connectivity index (χ0n) is 16.5. The summed E-state index contributed by atoms with van der Waals surface area (Å²) >= 11 is 0. The predicted molar refractivity (Wildman–Crippen MR) is 106 cm³/mol. The van der Waals surface area contributed by atoms with Crippen LogP contribution in [0.2, 0.25) is 0 Å². The maximum absolute atomic E-state index is 12.9. The number of urea groups is 1. The third kappa shape index (κ3) is 4.35. The molecule has 1 spiro atoms. The van der Waals surface area contributed by atoms with Gasteiger partial charge < -0.3 is 16.0 Å². The highest BCUT2D eigenvalue weighted by molar-refractivity contribution is 6.09. The first-order valence-corrected chi connectivity index (χ1v) is 10.1. The van der Waals surface area contributed by atoms with E-state index in [1.165, 1.54) is 0 Å². The van der Waals surface area contributed by atoms with Crippen molar-refractivity contribution in [3.8, 4) is 0 Å². The molecular weight excluding hydrogens is 356 g/mol. The first-order valence-electron chi connectivity index (χ1n) is 10.1. The van der Waals surface area contributed by atoms with E-state index in [-0.39, 0.29) is 18.4 Å². The fraction of sp³-hybridized carbons (Fsp3) is 0.571. The van der Waals surface area contributed by atoms with E-state index in [0.717, 1.165) is 23.3 Å². The molecule has 1 saturated heterocycles. The standard InChI is InChI=1S/C21H30N4O3/c1-16-7-10-21(11-8-16)19(27)25(20(28)23-21)15-18(26)24(14-12-22)13-9-17-5-3-2-4-6-17/h2-6,16H,7-15,22H2,1H3,(H,23,28). The van der Waals surface area contributed by atoms with Crippen molar-refractivity contribution < 1.29 is 14.4 Å². The molecule has 1 saturated carbocycles. The van der Waals surface area contributed by atoms with Gasteiger partial charge in [0.2, 0.25) is 5.91 Å². The molecule has 1 heterocycles. The number of imide groups is 1. The van der Waals surface area contributed by atoms with Gasteiger partial charge in [0.1, 0.15) is 12.1 Å². The Morgan fingerprint density at radius 1 is 1.21 bits per heavy atom. The summed E-state index contributed by atoms with van der Waals surface area (Å²) in [6.45, 7) is 3.18. The molecule has 3 rings (SSSR count). The minimum atomic E-state index is -0.813. The van der Waals surface area contributed by atoms with Crippen LogP contribution in [0.3, 0.4) is 0 Å². The molecule has 2 fully saturated rings. The van der Waals surface area contributed by atoms with Gasteiger partial charge in [0.15, 0.2) is 0 Å². The molecule has 0 bridgehead atoms. The van der Waals surface area contributed by atoms with E-state index in [9.17, 15) is 14.4 Å². The quantitative estimate of drug-likeness (QED) is 0.695. The van der Waals surface area contributed by atoms with Crippen LogP contribution in [0.1, 0.15) is 38.2 Å². The average Bonchev–Trinajstić information content (AvgIpc) is 2.92. The number of carbonyl (C=O) groups excluding carboxylic acids is 3. The Morgan fingerprint density at radius 3 is 2.54 bits per heavy atom. The molecule has 7 heteroatoms. The Kier molecular flexibility index (Phi) is 6.34. The second-order valence-corrected chi connectivity index (χ2v) is 7.99. The minimum absolute atomic E-state index is 0.225. The topological polar surface area (TPSA) is 95.7 Å². The van der Waals surface area contributed by atoms with E-state index in [2.05, 4.69) is 12.2 Å². The molecule has 0 radical (unpaired) electrons. The second-order valence-electron chi connectivity index (χ2n) is 7.99. The summed E-state index contributed by atoms with van der Waals surface area (Å²) in [5.41, 5.74) is 5.98. The molecule has 2 aliphatic rings. The fourth-order valence-electron chi connectivity index (χ4n) is 4.07. The summed E-state index contributed by atoms with van der Waals surface area (Å²) in [7, 11) is 0. The van der Waals surface area contributed by atoms with E-state index in [1.807, 2.05) is 30.3 Å². The van der Waals surface area contributed by atoms with Crippen molar-refractivity contribution in [1.82, 2.24) is 15.1 Å². The summed E-state index contributed by atoms with van der Waals surface area (Å²) in [5.74, 6) is 0.0589. The van der Waals surface area contributed by atoms with Crippen LogP contribution in [0.5, 0.6) is 0 Å². The SMILES string of the molecule is CC1CCC2(CC1)NC(=O)N(CC(=O)N(CCN)CCc1ccccc1)C2=O. The molecule has 0 unspecified atom stereocenters. The van der Waals surface area contributed by atoms with E-state index in [4.69, 9.17) is 5.73 Å². The fourth-order valence-corrected chi connectivity index (χ4v) is 4.07. The monoisotopic (exact) mass is 386 g/mol. The predicted octanol–water partition coefficient (Wildman–Crippen LogP) is 1.52. The third-order valence-electron chi connectivity index (χ3n) is 5.93. The molecule has 1 aliphatic heterocycles.